The third-order valence-electron chi connectivity index (χ3n) is 5.15. The van der Waals surface area contributed by atoms with Gasteiger partial charge in [-0.1, -0.05) is 23.7 Å². The molecule has 172 valence electrons. The number of hydrogen-bond acceptors (Lipinski definition) is 7. The summed E-state index contributed by atoms with van der Waals surface area (Å²) in [6.45, 7) is 1.88. The van der Waals surface area contributed by atoms with Gasteiger partial charge in [-0.15, -0.1) is 0 Å². The van der Waals surface area contributed by atoms with Crippen LogP contribution in [0.1, 0.15) is 15.9 Å². The summed E-state index contributed by atoms with van der Waals surface area (Å²) in [5, 5.41) is 3.15. The van der Waals surface area contributed by atoms with Gasteiger partial charge in [-0.25, -0.2) is 18.4 Å². The van der Waals surface area contributed by atoms with Gasteiger partial charge in [0.2, 0.25) is 11.9 Å². The minimum absolute atomic E-state index is 0.00729. The van der Waals surface area contributed by atoms with Crippen molar-refractivity contribution in [2.75, 3.05) is 11.6 Å². The van der Waals surface area contributed by atoms with E-state index in [9.17, 15) is 13.2 Å². The van der Waals surface area contributed by atoms with E-state index in [0.717, 1.165) is 17.4 Å². The number of anilines is 2. The molecule has 4 rings (SSSR count). The number of rotatable bonds is 6. The van der Waals surface area contributed by atoms with Gasteiger partial charge in [0, 0.05) is 41.7 Å². The van der Waals surface area contributed by atoms with Gasteiger partial charge in [0.25, 0.3) is 0 Å². The van der Waals surface area contributed by atoms with E-state index in [1.165, 1.54) is 12.1 Å². The summed E-state index contributed by atoms with van der Waals surface area (Å²) in [6, 6.07) is 13.4. The molecule has 34 heavy (non-hydrogen) atoms. The van der Waals surface area contributed by atoms with Gasteiger partial charge in [0.15, 0.2) is 9.84 Å². The molecule has 0 aliphatic carbocycles. The first-order valence-electron chi connectivity index (χ1n) is 10.1. The van der Waals surface area contributed by atoms with Crippen LogP contribution in [0.4, 0.5) is 11.6 Å². The lowest BCUT2D eigenvalue weighted by molar-refractivity contribution is 0.100. The predicted octanol–water partition coefficient (Wildman–Crippen LogP) is 4.41. The maximum atomic E-state index is 12.5. The number of aromatic nitrogens is 3. The average molecular weight is 494 g/mol. The van der Waals surface area contributed by atoms with Crippen LogP contribution in [-0.4, -0.2) is 35.5 Å². The van der Waals surface area contributed by atoms with Crippen LogP contribution >= 0.6 is 11.6 Å². The van der Waals surface area contributed by atoms with Crippen LogP contribution in [0.25, 0.3) is 22.4 Å². The van der Waals surface area contributed by atoms with Gasteiger partial charge in [0.1, 0.15) is 0 Å². The maximum Gasteiger partial charge on any atom is 0.250 e. The van der Waals surface area contributed by atoms with E-state index in [0.29, 0.717) is 22.9 Å². The van der Waals surface area contributed by atoms with Crippen molar-refractivity contribution >= 4 is 39.0 Å². The van der Waals surface area contributed by atoms with E-state index in [4.69, 9.17) is 17.3 Å². The van der Waals surface area contributed by atoms with Crippen LogP contribution in [0, 0.1) is 6.92 Å². The fraction of sp³-hybridized carbons (Fsp3) is 0.0833. The van der Waals surface area contributed by atoms with E-state index in [1.54, 1.807) is 36.8 Å². The standard InChI is InChI=1S/C24H20ClN5O3S/c1-14-5-6-15(21-20(34(2,32)33)8-7-17(22(21)25)23(26)31)12-19(14)30-24-28-11-9-18(29-24)16-4-3-10-27-13-16/h3-13H,1-2H3,(H2,26,31)(H,28,29,30). The first kappa shape index (κ1) is 23.3. The Morgan fingerprint density at radius 3 is 2.53 bits per heavy atom. The topological polar surface area (TPSA) is 128 Å². The smallest absolute Gasteiger partial charge is 0.250 e. The molecular formula is C24H20ClN5O3S. The highest BCUT2D eigenvalue weighted by Crippen LogP contribution is 2.38. The van der Waals surface area contributed by atoms with Crippen LogP contribution in [0.15, 0.2) is 72.0 Å². The minimum atomic E-state index is -3.65. The second-order valence-corrected chi connectivity index (χ2v) is 9.96. The molecule has 2 aromatic carbocycles. The van der Waals surface area contributed by atoms with Crippen molar-refractivity contribution in [3.63, 3.8) is 0 Å². The summed E-state index contributed by atoms with van der Waals surface area (Å²) in [7, 11) is -3.65. The number of amides is 1. The Hall–Kier alpha value is -3.82. The van der Waals surface area contributed by atoms with Crippen LogP contribution in [-0.2, 0) is 9.84 Å². The molecule has 3 N–H and O–H groups in total. The highest BCUT2D eigenvalue weighted by molar-refractivity contribution is 7.90. The Bertz CT molecular complexity index is 1510. The highest BCUT2D eigenvalue weighted by Gasteiger charge is 2.22. The molecule has 0 bridgehead atoms. The molecule has 0 radical (unpaired) electrons. The van der Waals surface area contributed by atoms with Crippen molar-refractivity contribution in [1.82, 2.24) is 15.0 Å². The Kier molecular flexibility index (Phi) is 6.32. The van der Waals surface area contributed by atoms with E-state index < -0.39 is 15.7 Å². The van der Waals surface area contributed by atoms with E-state index >= 15 is 0 Å². The first-order valence-corrected chi connectivity index (χ1v) is 12.4. The molecule has 0 saturated heterocycles. The Morgan fingerprint density at radius 2 is 1.85 bits per heavy atom. The monoisotopic (exact) mass is 493 g/mol. The summed E-state index contributed by atoms with van der Waals surface area (Å²) >= 11 is 6.47. The predicted molar refractivity (Wildman–Crippen MR) is 132 cm³/mol. The fourth-order valence-electron chi connectivity index (χ4n) is 3.45. The number of carbonyl (C=O) groups excluding carboxylic acids is 1. The summed E-state index contributed by atoms with van der Waals surface area (Å²) in [5.41, 5.74) is 9.19. The summed E-state index contributed by atoms with van der Waals surface area (Å²) in [6.07, 6.45) is 6.10. The van der Waals surface area contributed by atoms with Gasteiger partial charge < -0.3 is 11.1 Å². The van der Waals surface area contributed by atoms with Gasteiger partial charge in [0.05, 0.1) is 21.2 Å². The van der Waals surface area contributed by atoms with Crippen molar-refractivity contribution < 1.29 is 13.2 Å². The van der Waals surface area contributed by atoms with Gasteiger partial charge >= 0.3 is 0 Å². The number of sulfone groups is 1. The molecule has 10 heteroatoms. The Balaban J connectivity index is 1.80. The summed E-state index contributed by atoms with van der Waals surface area (Å²) < 4.78 is 24.9. The molecule has 2 heterocycles. The van der Waals surface area contributed by atoms with Crippen LogP contribution in [0.2, 0.25) is 5.02 Å². The molecule has 0 fully saturated rings. The molecule has 0 saturated carbocycles. The number of primary amides is 1. The molecule has 0 aliphatic rings. The molecule has 8 nitrogen and oxygen atoms in total. The van der Waals surface area contributed by atoms with Crippen LogP contribution in [0.5, 0.6) is 0 Å². The van der Waals surface area contributed by atoms with Crippen molar-refractivity contribution in [3.8, 4) is 22.4 Å². The van der Waals surface area contributed by atoms with E-state index in [1.807, 2.05) is 25.1 Å². The zero-order valence-corrected chi connectivity index (χ0v) is 19.9. The highest BCUT2D eigenvalue weighted by atomic mass is 35.5. The molecule has 1 amide bonds. The number of nitrogens with two attached hydrogens (primary N) is 1. The number of halogens is 1. The average Bonchev–Trinajstić information content (AvgIpc) is 2.80. The van der Waals surface area contributed by atoms with Crippen molar-refractivity contribution in [2.45, 2.75) is 11.8 Å². The lowest BCUT2D eigenvalue weighted by Crippen LogP contribution is -2.13. The van der Waals surface area contributed by atoms with Crippen molar-refractivity contribution in [1.29, 1.82) is 0 Å². The zero-order chi connectivity index (χ0) is 24.5. The summed E-state index contributed by atoms with van der Waals surface area (Å²) in [5.74, 6) is -0.403. The molecule has 0 spiro atoms. The van der Waals surface area contributed by atoms with Crippen molar-refractivity contribution in [2.24, 2.45) is 5.73 Å². The SMILES string of the molecule is Cc1ccc(-c2c(S(C)(=O)=O)ccc(C(N)=O)c2Cl)cc1Nc1nccc(-c2cccnc2)n1. The molecule has 4 aromatic rings. The number of aryl methyl sites for hydroxylation is 1. The van der Waals surface area contributed by atoms with E-state index in [-0.39, 0.29) is 21.0 Å². The minimum Gasteiger partial charge on any atom is -0.366 e. The van der Waals surface area contributed by atoms with Gasteiger partial charge in [-0.05, 0) is 54.4 Å². The normalized spacial score (nSPS) is 11.3. The van der Waals surface area contributed by atoms with Gasteiger partial charge in [-0.3, -0.25) is 9.78 Å². The Labute approximate surface area is 201 Å². The lowest BCUT2D eigenvalue weighted by Gasteiger charge is -2.16. The number of nitrogens with zero attached hydrogens (tertiary/aromatic N) is 3. The number of benzene rings is 2. The number of nitrogens with one attached hydrogen (secondary N) is 1. The number of pyridine rings is 1. The molecule has 2 aromatic heterocycles. The quantitative estimate of drug-likeness (QED) is 0.407. The zero-order valence-electron chi connectivity index (χ0n) is 18.3. The molecule has 0 aliphatic heterocycles. The lowest BCUT2D eigenvalue weighted by atomic mass is 10.00. The largest absolute Gasteiger partial charge is 0.366 e. The third-order valence-corrected chi connectivity index (χ3v) is 6.69. The van der Waals surface area contributed by atoms with Crippen LogP contribution < -0.4 is 11.1 Å². The summed E-state index contributed by atoms with van der Waals surface area (Å²) in [4.78, 5) is 24.8. The molecular weight excluding hydrogens is 474 g/mol. The number of hydrogen-bond donors (Lipinski definition) is 2. The molecule has 0 unspecified atom stereocenters. The maximum absolute atomic E-state index is 12.5. The van der Waals surface area contributed by atoms with E-state index in [2.05, 4.69) is 20.3 Å². The number of carbonyl (C=O) groups is 1. The second-order valence-electron chi connectivity index (χ2n) is 7.60. The Morgan fingerprint density at radius 1 is 1.06 bits per heavy atom. The van der Waals surface area contributed by atoms with Gasteiger partial charge in [-0.2, -0.15) is 0 Å². The fourth-order valence-corrected chi connectivity index (χ4v) is 4.78. The van der Waals surface area contributed by atoms with Crippen LogP contribution in [0.3, 0.4) is 0 Å². The molecule has 0 atom stereocenters. The van der Waals surface area contributed by atoms with Crippen molar-refractivity contribution in [3.05, 3.63) is 83.3 Å². The third kappa shape index (κ3) is 4.75. The second kappa shape index (κ2) is 9.20. The first-order chi connectivity index (χ1) is 16.1.